The normalized spacial score (nSPS) is 17.2. The number of ether oxygens (including phenoxy) is 1. The van der Waals surface area contributed by atoms with Crippen LogP contribution in [0, 0.1) is 47.9 Å². The van der Waals surface area contributed by atoms with Crippen molar-refractivity contribution < 1.29 is 31.9 Å². The Hall–Kier alpha value is -6.00. The van der Waals surface area contributed by atoms with E-state index in [-0.39, 0.29) is 38.6 Å². The number of hydrogen-bond donors (Lipinski definition) is 1. The Balaban J connectivity index is 0.000000203. The molecule has 0 aliphatic carbocycles. The Labute approximate surface area is 360 Å². The maximum absolute atomic E-state index is 15.4. The second kappa shape index (κ2) is 16.4. The maximum Gasteiger partial charge on any atom is 0.233 e. The third-order valence-corrected chi connectivity index (χ3v) is 12.3. The Morgan fingerprint density at radius 1 is 0.710 bits per heavy atom. The highest BCUT2D eigenvalue weighted by molar-refractivity contribution is 6.36. The van der Waals surface area contributed by atoms with Crippen LogP contribution >= 0.6 is 11.6 Å². The topological polar surface area (TPSA) is 130 Å². The molecule has 3 saturated heterocycles. The van der Waals surface area contributed by atoms with Gasteiger partial charge in [-0.2, -0.15) is 0 Å². The number of amides is 2. The monoisotopic (exact) mass is 869 g/mol. The van der Waals surface area contributed by atoms with Gasteiger partial charge in [0, 0.05) is 108 Å². The van der Waals surface area contributed by atoms with Crippen LogP contribution in [0.5, 0.6) is 0 Å². The number of halogens is 5. The molecular weight excluding hydrogens is 826 g/mol. The van der Waals surface area contributed by atoms with Crippen molar-refractivity contribution in [3.63, 3.8) is 0 Å². The summed E-state index contributed by atoms with van der Waals surface area (Å²) in [5.74, 6) is -1.63. The molecule has 62 heavy (non-hydrogen) atoms. The number of fused-ring (bicyclic) bond motifs is 2. The molecule has 0 saturated carbocycles. The van der Waals surface area contributed by atoms with Gasteiger partial charge < -0.3 is 15.0 Å². The van der Waals surface area contributed by atoms with Crippen LogP contribution in [-0.4, -0.2) is 76.1 Å². The molecule has 4 aromatic heterocycles. The standard InChI is InChI=1S/C29H29F2N7O2.C16H15ClF2N2O/c1-17-26(25-21(31)10-19(30)11-23(25)36-27(17)38-5-4-29(2,3)28(38)39)35-22-12-24(37-6-8-40-9-7-37)34-15-20(22)18-13-32-16-33-14-18;1-8-13(17)12-10(19)6-9(18)7-11(12)20-14(8)21-5-4-16(2,3)15(21)22/h10-16H,4-9H2,1-3H3,(H,34,35,36);6-7H,4-5H2,1-3H3. The summed E-state index contributed by atoms with van der Waals surface area (Å²) in [5, 5.41) is 3.80. The molecule has 12 nitrogen and oxygen atoms in total. The molecule has 1 N–H and O–H groups in total. The van der Waals surface area contributed by atoms with Gasteiger partial charge in [-0.1, -0.05) is 39.3 Å². The van der Waals surface area contributed by atoms with Gasteiger partial charge in [0.25, 0.3) is 0 Å². The summed E-state index contributed by atoms with van der Waals surface area (Å²) in [6.07, 6.45) is 7.86. The molecule has 2 aromatic carbocycles. The highest BCUT2D eigenvalue weighted by Crippen LogP contribution is 2.43. The third-order valence-electron chi connectivity index (χ3n) is 11.8. The molecular formula is C45H44ClF4N9O3. The van der Waals surface area contributed by atoms with Crippen LogP contribution in [0.25, 0.3) is 32.9 Å². The molecule has 3 aliphatic rings. The zero-order valence-corrected chi connectivity index (χ0v) is 35.8. The Morgan fingerprint density at radius 2 is 1.24 bits per heavy atom. The van der Waals surface area contributed by atoms with Crippen molar-refractivity contribution >= 4 is 74.0 Å². The van der Waals surface area contributed by atoms with Crippen LogP contribution in [0.15, 0.2) is 55.2 Å². The molecule has 9 rings (SSSR count). The molecule has 0 atom stereocenters. The largest absolute Gasteiger partial charge is 0.378 e. The Kier molecular flexibility index (Phi) is 11.3. The lowest BCUT2D eigenvalue weighted by molar-refractivity contribution is -0.124. The zero-order chi connectivity index (χ0) is 44.2. The van der Waals surface area contributed by atoms with Crippen LogP contribution in [0.1, 0.15) is 51.7 Å². The van der Waals surface area contributed by atoms with Gasteiger partial charge in [-0.05, 0) is 26.7 Å². The van der Waals surface area contributed by atoms with E-state index >= 15 is 4.39 Å². The van der Waals surface area contributed by atoms with Crippen molar-refractivity contribution in [2.45, 2.75) is 54.4 Å². The van der Waals surface area contributed by atoms with Crippen LogP contribution in [0.4, 0.5) is 46.4 Å². The van der Waals surface area contributed by atoms with Crippen molar-refractivity contribution in [1.29, 1.82) is 0 Å². The van der Waals surface area contributed by atoms with Gasteiger partial charge in [-0.15, -0.1) is 0 Å². The van der Waals surface area contributed by atoms with Crippen LogP contribution in [-0.2, 0) is 14.3 Å². The number of carbonyl (C=O) groups excluding carboxylic acids is 2. The van der Waals surface area contributed by atoms with Gasteiger partial charge in [0.2, 0.25) is 11.8 Å². The number of anilines is 5. The molecule has 322 valence electrons. The summed E-state index contributed by atoms with van der Waals surface area (Å²) in [7, 11) is 0. The maximum atomic E-state index is 15.4. The van der Waals surface area contributed by atoms with Crippen molar-refractivity contribution in [3.05, 3.63) is 94.7 Å². The molecule has 0 unspecified atom stereocenters. The molecule has 7 heterocycles. The number of pyridine rings is 3. The second-order valence-corrected chi connectivity index (χ2v) is 17.4. The van der Waals surface area contributed by atoms with E-state index in [2.05, 4.69) is 35.1 Å². The average Bonchev–Trinajstić information content (AvgIpc) is 3.67. The zero-order valence-electron chi connectivity index (χ0n) is 35.0. The minimum atomic E-state index is -0.754. The molecule has 0 bridgehead atoms. The van der Waals surface area contributed by atoms with E-state index in [1.807, 2.05) is 33.8 Å². The van der Waals surface area contributed by atoms with Gasteiger partial charge >= 0.3 is 0 Å². The SMILES string of the molecule is Cc1c(N2CCC(C)(C)C2=O)nc2cc(F)cc(F)c2c1Cl.Cc1c(N2CCC(C)(C)C2=O)nc2cc(F)cc(F)c2c1Nc1cc(N2CCOCC2)ncc1-c1cncnc1. The minimum Gasteiger partial charge on any atom is -0.378 e. The van der Waals surface area contributed by atoms with E-state index in [0.717, 1.165) is 24.0 Å². The number of nitrogens with zero attached hydrogens (tertiary/aromatic N) is 8. The van der Waals surface area contributed by atoms with Crippen molar-refractivity contribution in [1.82, 2.24) is 24.9 Å². The van der Waals surface area contributed by atoms with Crippen molar-refractivity contribution in [2.75, 3.05) is 59.4 Å². The fourth-order valence-electron chi connectivity index (χ4n) is 8.07. The van der Waals surface area contributed by atoms with E-state index in [1.165, 1.54) is 12.4 Å². The van der Waals surface area contributed by atoms with E-state index < -0.39 is 34.1 Å². The highest BCUT2D eigenvalue weighted by atomic mass is 35.5. The van der Waals surface area contributed by atoms with Gasteiger partial charge in [0.1, 0.15) is 47.0 Å². The van der Waals surface area contributed by atoms with E-state index in [0.29, 0.717) is 97.5 Å². The first-order valence-electron chi connectivity index (χ1n) is 20.2. The predicted octanol–water partition coefficient (Wildman–Crippen LogP) is 9.25. The van der Waals surface area contributed by atoms with E-state index in [1.54, 1.807) is 42.2 Å². The summed E-state index contributed by atoms with van der Waals surface area (Å²) in [6.45, 7) is 14.5. The number of benzene rings is 2. The highest BCUT2D eigenvalue weighted by Gasteiger charge is 2.42. The number of morpholine rings is 1. The van der Waals surface area contributed by atoms with Gasteiger partial charge in [-0.25, -0.2) is 42.5 Å². The van der Waals surface area contributed by atoms with Gasteiger partial charge in [-0.3, -0.25) is 19.4 Å². The first-order chi connectivity index (χ1) is 29.4. The minimum absolute atomic E-state index is 0.0598. The van der Waals surface area contributed by atoms with Crippen LogP contribution < -0.4 is 20.0 Å². The smallest absolute Gasteiger partial charge is 0.233 e. The van der Waals surface area contributed by atoms with Crippen LogP contribution in [0.3, 0.4) is 0 Å². The number of aromatic nitrogens is 5. The summed E-state index contributed by atoms with van der Waals surface area (Å²) in [6, 6.07) is 5.83. The molecule has 17 heteroatoms. The quantitative estimate of drug-likeness (QED) is 0.162. The lowest BCUT2D eigenvalue weighted by atomic mass is 9.92. The predicted molar refractivity (Wildman–Crippen MR) is 231 cm³/mol. The Morgan fingerprint density at radius 3 is 1.79 bits per heavy atom. The third kappa shape index (κ3) is 7.85. The van der Waals surface area contributed by atoms with Gasteiger partial charge in [0.15, 0.2) is 0 Å². The van der Waals surface area contributed by atoms with Crippen molar-refractivity contribution in [2.24, 2.45) is 10.8 Å². The summed E-state index contributed by atoms with van der Waals surface area (Å²) in [4.78, 5) is 52.9. The Bertz CT molecular complexity index is 2770. The first kappa shape index (κ1) is 42.7. The summed E-state index contributed by atoms with van der Waals surface area (Å²) >= 11 is 6.25. The van der Waals surface area contributed by atoms with Crippen LogP contribution in [0.2, 0.25) is 5.02 Å². The fourth-order valence-corrected chi connectivity index (χ4v) is 8.35. The van der Waals surface area contributed by atoms with E-state index in [9.17, 15) is 22.8 Å². The number of nitrogens with one attached hydrogen (secondary N) is 1. The molecule has 3 fully saturated rings. The molecule has 2 amide bonds. The van der Waals surface area contributed by atoms with Gasteiger partial charge in [0.05, 0.1) is 51.4 Å². The number of hydrogen-bond acceptors (Lipinski definition) is 10. The molecule has 0 radical (unpaired) electrons. The second-order valence-electron chi connectivity index (χ2n) is 17.0. The average molecular weight is 870 g/mol. The van der Waals surface area contributed by atoms with Crippen molar-refractivity contribution in [3.8, 4) is 11.1 Å². The molecule has 6 aromatic rings. The van der Waals surface area contributed by atoms with E-state index in [4.69, 9.17) is 16.3 Å². The molecule has 3 aliphatic heterocycles. The molecule has 0 spiro atoms. The first-order valence-corrected chi connectivity index (χ1v) is 20.6. The fraction of sp³-hybridized carbons (Fsp3) is 0.356. The number of carbonyl (C=O) groups is 2. The summed E-state index contributed by atoms with van der Waals surface area (Å²) in [5.41, 5.74) is 2.73. The summed E-state index contributed by atoms with van der Waals surface area (Å²) < 4.78 is 62.7. The number of rotatable bonds is 6. The lowest BCUT2D eigenvalue weighted by Gasteiger charge is -2.29. The lowest BCUT2D eigenvalue weighted by Crippen LogP contribution is -2.36.